The first-order valence-corrected chi connectivity index (χ1v) is 13.7. The van der Waals surface area contributed by atoms with Gasteiger partial charge in [0.1, 0.15) is 18.1 Å². The van der Waals surface area contributed by atoms with Crippen molar-refractivity contribution in [3.05, 3.63) is 82.4 Å². The molecule has 0 unspecified atom stereocenters. The van der Waals surface area contributed by atoms with E-state index in [-0.39, 0.29) is 0 Å². The van der Waals surface area contributed by atoms with Gasteiger partial charge in [-0.15, -0.1) is 0 Å². The van der Waals surface area contributed by atoms with E-state index in [9.17, 15) is 13.2 Å². The van der Waals surface area contributed by atoms with Crippen LogP contribution in [0.5, 0.6) is 11.5 Å². The second-order valence-corrected chi connectivity index (χ2v) is 10.6. The van der Waals surface area contributed by atoms with Crippen LogP contribution in [-0.2, 0) is 26.0 Å². The van der Waals surface area contributed by atoms with Crippen LogP contribution in [0.4, 0.5) is 13.2 Å². The molecule has 0 aromatic heterocycles. The van der Waals surface area contributed by atoms with Crippen LogP contribution in [0.15, 0.2) is 54.6 Å². The van der Waals surface area contributed by atoms with Gasteiger partial charge in [-0.25, -0.2) is 0 Å². The molecular formula is C32H36F3NO2. The lowest BCUT2D eigenvalue weighted by Gasteiger charge is -2.34. The maximum Gasteiger partial charge on any atom is 0.422 e. The van der Waals surface area contributed by atoms with Gasteiger partial charge in [-0.2, -0.15) is 13.2 Å². The van der Waals surface area contributed by atoms with E-state index in [4.69, 9.17) is 9.47 Å². The first-order chi connectivity index (χ1) is 18.3. The highest BCUT2D eigenvalue weighted by Gasteiger charge is 2.32. The number of nitrogens with zero attached hydrogens (tertiary/aromatic N) is 1. The molecule has 0 bridgehead atoms. The van der Waals surface area contributed by atoms with Gasteiger partial charge in [0.2, 0.25) is 0 Å². The Labute approximate surface area is 223 Å². The van der Waals surface area contributed by atoms with Gasteiger partial charge >= 0.3 is 6.18 Å². The van der Waals surface area contributed by atoms with Crippen LogP contribution in [0.3, 0.4) is 0 Å². The van der Waals surface area contributed by atoms with E-state index in [2.05, 4.69) is 43.0 Å². The SMILES string of the molecule is Cc1c(COc2cc(OCC(F)(F)F)c(CN3CCCC[C@H]3C)c3c2CCC3)cccc1-c1ccccc1. The Morgan fingerprint density at radius 3 is 2.45 bits per heavy atom. The molecule has 0 amide bonds. The second kappa shape index (κ2) is 11.4. The Morgan fingerprint density at radius 1 is 0.895 bits per heavy atom. The Hall–Kier alpha value is -2.99. The van der Waals surface area contributed by atoms with Crippen molar-refractivity contribution in [2.45, 2.75) is 77.7 Å². The molecule has 1 aliphatic carbocycles. The third kappa shape index (κ3) is 6.01. The van der Waals surface area contributed by atoms with Crippen LogP contribution >= 0.6 is 0 Å². The number of halogens is 3. The zero-order valence-corrected chi connectivity index (χ0v) is 22.2. The third-order valence-electron chi connectivity index (χ3n) is 8.05. The Morgan fingerprint density at radius 2 is 1.68 bits per heavy atom. The molecule has 5 rings (SSSR count). The number of benzene rings is 3. The molecule has 1 aliphatic heterocycles. The summed E-state index contributed by atoms with van der Waals surface area (Å²) < 4.78 is 51.4. The molecule has 38 heavy (non-hydrogen) atoms. The zero-order chi connectivity index (χ0) is 26.7. The maximum absolute atomic E-state index is 13.2. The average molecular weight is 524 g/mol. The van der Waals surface area contributed by atoms with Gasteiger partial charge in [-0.3, -0.25) is 4.90 Å². The normalized spacial score (nSPS) is 17.9. The molecule has 0 radical (unpaired) electrons. The van der Waals surface area contributed by atoms with Crippen LogP contribution in [-0.4, -0.2) is 30.3 Å². The molecule has 1 fully saturated rings. The standard InChI is InChI=1S/C32H36F3NO2/c1-22-10-6-7-17-36(22)19-29-27-15-9-16-28(27)30(18-31(29)38-21-32(33,34)35)37-20-25-13-8-14-26(23(25)2)24-11-4-3-5-12-24/h3-5,8,11-14,18,22H,6-7,9-10,15-17,19-21H2,1-2H3/t22-/m1/s1. The van der Waals surface area contributed by atoms with E-state index in [0.717, 1.165) is 77.6 Å². The van der Waals surface area contributed by atoms with E-state index in [1.165, 1.54) is 6.42 Å². The molecule has 3 aromatic rings. The van der Waals surface area contributed by atoms with E-state index < -0.39 is 12.8 Å². The molecule has 202 valence electrons. The number of ether oxygens (including phenoxy) is 2. The number of rotatable bonds is 8. The zero-order valence-electron chi connectivity index (χ0n) is 22.2. The van der Waals surface area contributed by atoms with Gasteiger partial charge in [0.25, 0.3) is 0 Å². The number of fused-ring (bicyclic) bond motifs is 1. The van der Waals surface area contributed by atoms with Gasteiger partial charge < -0.3 is 9.47 Å². The van der Waals surface area contributed by atoms with E-state index in [0.29, 0.717) is 30.7 Å². The van der Waals surface area contributed by atoms with E-state index in [1.807, 2.05) is 24.3 Å². The third-order valence-corrected chi connectivity index (χ3v) is 8.05. The monoisotopic (exact) mass is 523 g/mol. The number of piperidine rings is 1. The molecule has 0 spiro atoms. The van der Waals surface area contributed by atoms with Crippen LogP contribution in [0.25, 0.3) is 11.1 Å². The topological polar surface area (TPSA) is 21.7 Å². The van der Waals surface area contributed by atoms with Crippen molar-refractivity contribution in [1.82, 2.24) is 4.90 Å². The molecule has 6 heteroatoms. The highest BCUT2D eigenvalue weighted by Crippen LogP contribution is 2.41. The van der Waals surface area contributed by atoms with Gasteiger partial charge in [-0.1, -0.05) is 55.0 Å². The molecule has 1 heterocycles. The summed E-state index contributed by atoms with van der Waals surface area (Å²) in [5.74, 6) is 0.958. The molecule has 0 N–H and O–H groups in total. The van der Waals surface area contributed by atoms with E-state index >= 15 is 0 Å². The number of hydrogen-bond acceptors (Lipinski definition) is 3. The van der Waals surface area contributed by atoms with Crippen molar-refractivity contribution in [2.75, 3.05) is 13.2 Å². The molecule has 1 atom stereocenters. The fraction of sp³-hybridized carbons (Fsp3) is 0.438. The lowest BCUT2D eigenvalue weighted by atomic mass is 9.96. The van der Waals surface area contributed by atoms with Crippen molar-refractivity contribution < 1.29 is 22.6 Å². The minimum absolute atomic E-state index is 0.311. The summed E-state index contributed by atoms with van der Waals surface area (Å²) >= 11 is 0. The summed E-state index contributed by atoms with van der Waals surface area (Å²) in [6.45, 7) is 4.93. The minimum atomic E-state index is -4.40. The minimum Gasteiger partial charge on any atom is -0.488 e. The Balaban J connectivity index is 1.45. The lowest BCUT2D eigenvalue weighted by Crippen LogP contribution is -2.37. The Bertz CT molecular complexity index is 1260. The van der Waals surface area contributed by atoms with Crippen molar-refractivity contribution in [3.8, 4) is 22.6 Å². The predicted octanol–water partition coefficient (Wildman–Crippen LogP) is 8.05. The average Bonchev–Trinajstić information content (AvgIpc) is 3.39. The van der Waals surface area contributed by atoms with Crippen LogP contribution in [0.1, 0.15) is 60.4 Å². The molecule has 0 saturated carbocycles. The largest absolute Gasteiger partial charge is 0.488 e. The molecular weight excluding hydrogens is 487 g/mol. The van der Waals surface area contributed by atoms with Crippen molar-refractivity contribution in [3.63, 3.8) is 0 Å². The summed E-state index contributed by atoms with van der Waals surface area (Å²) in [6, 6.07) is 18.5. The number of alkyl halides is 3. The van der Waals surface area contributed by atoms with Crippen molar-refractivity contribution >= 4 is 0 Å². The fourth-order valence-corrected chi connectivity index (χ4v) is 5.90. The smallest absolute Gasteiger partial charge is 0.422 e. The summed E-state index contributed by atoms with van der Waals surface area (Å²) in [7, 11) is 0. The summed E-state index contributed by atoms with van der Waals surface area (Å²) in [5.41, 5.74) is 7.64. The van der Waals surface area contributed by atoms with Gasteiger partial charge in [0.15, 0.2) is 6.61 Å². The number of hydrogen-bond donors (Lipinski definition) is 0. The molecule has 1 saturated heterocycles. The summed E-state index contributed by atoms with van der Waals surface area (Å²) in [6.07, 6.45) is 1.72. The highest BCUT2D eigenvalue weighted by atomic mass is 19.4. The quantitative estimate of drug-likeness (QED) is 0.298. The number of likely N-dealkylation sites (tertiary alicyclic amines) is 1. The maximum atomic E-state index is 13.2. The first-order valence-electron chi connectivity index (χ1n) is 13.7. The van der Waals surface area contributed by atoms with Gasteiger partial charge in [0, 0.05) is 24.2 Å². The fourth-order valence-electron chi connectivity index (χ4n) is 5.90. The second-order valence-electron chi connectivity index (χ2n) is 10.6. The summed E-state index contributed by atoms with van der Waals surface area (Å²) in [5, 5.41) is 0. The van der Waals surface area contributed by atoms with Crippen LogP contribution in [0.2, 0.25) is 0 Å². The molecule has 3 aromatic carbocycles. The predicted molar refractivity (Wildman–Crippen MR) is 145 cm³/mol. The van der Waals surface area contributed by atoms with Gasteiger partial charge in [0.05, 0.1) is 0 Å². The lowest BCUT2D eigenvalue weighted by molar-refractivity contribution is -0.153. The van der Waals surface area contributed by atoms with Crippen LogP contribution < -0.4 is 9.47 Å². The summed E-state index contributed by atoms with van der Waals surface area (Å²) in [4.78, 5) is 2.39. The molecule has 2 aliphatic rings. The van der Waals surface area contributed by atoms with Crippen molar-refractivity contribution in [1.29, 1.82) is 0 Å². The molecule has 3 nitrogen and oxygen atoms in total. The van der Waals surface area contributed by atoms with Crippen LogP contribution in [0, 0.1) is 6.92 Å². The first kappa shape index (κ1) is 26.6. The van der Waals surface area contributed by atoms with E-state index in [1.54, 1.807) is 6.07 Å². The van der Waals surface area contributed by atoms with Gasteiger partial charge in [-0.05, 0) is 85.9 Å². The van der Waals surface area contributed by atoms with Crippen molar-refractivity contribution in [2.24, 2.45) is 0 Å². The Kier molecular flexibility index (Phi) is 7.98. The highest BCUT2D eigenvalue weighted by molar-refractivity contribution is 5.68.